The predicted octanol–water partition coefficient (Wildman–Crippen LogP) is 4.57. The van der Waals surface area contributed by atoms with Gasteiger partial charge in [0.2, 0.25) is 11.8 Å². The van der Waals surface area contributed by atoms with Gasteiger partial charge in [-0.2, -0.15) is 0 Å². The quantitative estimate of drug-likeness (QED) is 0.605. The zero-order valence-electron chi connectivity index (χ0n) is 15.9. The summed E-state index contributed by atoms with van der Waals surface area (Å²) in [4.78, 5) is 26.2. The molecule has 0 saturated carbocycles. The normalized spacial score (nSPS) is 22.1. The molecule has 5 rings (SSSR count). The molecule has 0 N–H and O–H groups in total. The minimum Gasteiger partial charge on any atom is -0.273 e. The SMILES string of the molecule is O=C1CCC(=O)N2[C@H](c3ccccc3)P(c3ccccc3)[C@@H](c3ccccc3)N12. The Labute approximate surface area is 171 Å². The van der Waals surface area contributed by atoms with E-state index in [1.807, 2.05) is 54.6 Å². The number of hydrogen-bond acceptors (Lipinski definition) is 2. The molecule has 3 aromatic rings. The maximum Gasteiger partial charge on any atom is 0.242 e. The van der Waals surface area contributed by atoms with Crippen LogP contribution in [-0.4, -0.2) is 21.8 Å². The summed E-state index contributed by atoms with van der Waals surface area (Å²) >= 11 is 0. The van der Waals surface area contributed by atoms with E-state index in [1.165, 1.54) is 5.30 Å². The van der Waals surface area contributed by atoms with Crippen molar-refractivity contribution in [1.82, 2.24) is 10.0 Å². The fourth-order valence-electron chi connectivity index (χ4n) is 4.30. The Morgan fingerprint density at radius 2 is 0.966 bits per heavy atom. The van der Waals surface area contributed by atoms with Gasteiger partial charge in [0.15, 0.2) is 0 Å². The van der Waals surface area contributed by atoms with Crippen molar-refractivity contribution in [2.24, 2.45) is 0 Å². The first kappa shape index (κ1) is 18.1. The Balaban J connectivity index is 1.75. The summed E-state index contributed by atoms with van der Waals surface area (Å²) < 4.78 is 0. The highest BCUT2D eigenvalue weighted by atomic mass is 31.1. The molecule has 2 aliphatic rings. The van der Waals surface area contributed by atoms with Crippen molar-refractivity contribution < 1.29 is 9.59 Å². The van der Waals surface area contributed by atoms with E-state index in [-0.39, 0.29) is 36.2 Å². The van der Waals surface area contributed by atoms with Crippen molar-refractivity contribution >= 4 is 25.0 Å². The molecule has 5 heteroatoms. The number of carbonyl (C=O) groups is 2. The Morgan fingerprint density at radius 1 is 0.586 bits per heavy atom. The maximum atomic E-state index is 13.1. The van der Waals surface area contributed by atoms with Crippen LogP contribution >= 0.6 is 7.92 Å². The van der Waals surface area contributed by atoms with E-state index < -0.39 is 7.92 Å². The van der Waals surface area contributed by atoms with Crippen LogP contribution in [0.3, 0.4) is 0 Å². The van der Waals surface area contributed by atoms with Gasteiger partial charge in [-0.3, -0.25) is 9.59 Å². The minimum atomic E-state index is -0.913. The number of rotatable bonds is 3. The van der Waals surface area contributed by atoms with Gasteiger partial charge in [-0.25, -0.2) is 10.0 Å². The van der Waals surface area contributed by atoms with E-state index >= 15 is 0 Å². The molecule has 2 atom stereocenters. The molecule has 144 valence electrons. The molecule has 2 aliphatic heterocycles. The average Bonchev–Trinajstić information content (AvgIpc) is 3.15. The Kier molecular flexibility index (Phi) is 4.65. The zero-order chi connectivity index (χ0) is 19.8. The van der Waals surface area contributed by atoms with Gasteiger partial charge in [0.25, 0.3) is 0 Å². The maximum absolute atomic E-state index is 13.1. The monoisotopic (exact) mass is 400 g/mol. The molecular formula is C24H21N2O2P. The van der Waals surface area contributed by atoms with Crippen LogP contribution in [-0.2, 0) is 9.59 Å². The van der Waals surface area contributed by atoms with Gasteiger partial charge in [-0.05, 0) is 24.4 Å². The predicted molar refractivity (Wildman–Crippen MR) is 114 cm³/mol. The zero-order valence-corrected chi connectivity index (χ0v) is 16.8. The van der Waals surface area contributed by atoms with Crippen LogP contribution in [0, 0.1) is 0 Å². The number of hydrazine groups is 1. The van der Waals surface area contributed by atoms with Crippen molar-refractivity contribution in [1.29, 1.82) is 0 Å². The summed E-state index contributed by atoms with van der Waals surface area (Å²) in [5.74, 6) is -0.258. The lowest BCUT2D eigenvalue weighted by molar-refractivity contribution is -0.171. The standard InChI is InChI=1S/C24H21N2O2P/c27-21-16-17-22(28)26-24(19-12-6-2-7-13-19)29(20-14-8-3-9-15-20)23(25(21)26)18-10-4-1-5-11-18/h1-15,23-24H,16-17H2/t23-,24-/m0/s1. The number of nitrogens with zero attached hydrogens (tertiary/aromatic N) is 2. The summed E-state index contributed by atoms with van der Waals surface area (Å²) in [5.41, 5.74) is 2.16. The molecule has 29 heavy (non-hydrogen) atoms. The van der Waals surface area contributed by atoms with Crippen LogP contribution in [0.25, 0.3) is 0 Å². The molecule has 0 bridgehead atoms. The number of fused-ring (bicyclic) bond motifs is 1. The molecule has 0 radical (unpaired) electrons. The molecule has 3 aromatic carbocycles. The van der Waals surface area contributed by atoms with Crippen LogP contribution in [0.15, 0.2) is 91.0 Å². The summed E-state index contributed by atoms with van der Waals surface area (Å²) in [7, 11) is -0.913. The molecule has 2 amide bonds. The lowest BCUT2D eigenvalue weighted by Crippen LogP contribution is -2.50. The van der Waals surface area contributed by atoms with Crippen molar-refractivity contribution in [2.75, 3.05) is 0 Å². The summed E-state index contributed by atoms with van der Waals surface area (Å²) in [5, 5.41) is 4.72. The van der Waals surface area contributed by atoms with E-state index in [4.69, 9.17) is 0 Å². The first-order chi connectivity index (χ1) is 14.3. The molecule has 4 nitrogen and oxygen atoms in total. The minimum absolute atomic E-state index is 0.0281. The average molecular weight is 400 g/mol. The molecule has 0 spiro atoms. The third kappa shape index (κ3) is 3.04. The molecule has 0 aliphatic carbocycles. The van der Waals surface area contributed by atoms with E-state index in [0.29, 0.717) is 0 Å². The van der Waals surface area contributed by atoms with E-state index in [9.17, 15) is 9.59 Å². The van der Waals surface area contributed by atoms with E-state index in [0.717, 1.165) is 11.1 Å². The summed E-state index contributed by atoms with van der Waals surface area (Å²) in [6.45, 7) is 0. The van der Waals surface area contributed by atoms with Gasteiger partial charge in [-0.1, -0.05) is 91.0 Å². The second kappa shape index (κ2) is 7.46. The van der Waals surface area contributed by atoms with Crippen molar-refractivity contribution in [3.05, 3.63) is 102 Å². The third-order valence-electron chi connectivity index (χ3n) is 5.54. The largest absolute Gasteiger partial charge is 0.273 e. The highest BCUT2D eigenvalue weighted by Crippen LogP contribution is 2.69. The number of amides is 2. The Bertz CT molecular complexity index is 961. The van der Waals surface area contributed by atoms with Crippen LogP contribution in [0.2, 0.25) is 0 Å². The first-order valence-corrected chi connectivity index (χ1v) is 11.3. The first-order valence-electron chi connectivity index (χ1n) is 9.83. The fourth-order valence-corrected chi connectivity index (χ4v) is 7.58. The van der Waals surface area contributed by atoms with Gasteiger partial charge in [0.05, 0.1) is 0 Å². The lowest BCUT2D eigenvalue weighted by atomic mass is 10.1. The number of carbonyl (C=O) groups excluding carboxylic acids is 2. The van der Waals surface area contributed by atoms with Gasteiger partial charge in [0.1, 0.15) is 11.6 Å². The van der Waals surface area contributed by atoms with Gasteiger partial charge in [-0.15, -0.1) is 0 Å². The third-order valence-corrected chi connectivity index (χ3v) is 8.52. The Hall–Kier alpha value is -2.97. The Morgan fingerprint density at radius 3 is 1.38 bits per heavy atom. The highest BCUT2D eigenvalue weighted by molar-refractivity contribution is 7.66. The smallest absolute Gasteiger partial charge is 0.242 e. The number of hydrogen-bond donors (Lipinski definition) is 0. The van der Waals surface area contributed by atoms with Gasteiger partial charge < -0.3 is 0 Å². The van der Waals surface area contributed by atoms with Crippen LogP contribution in [0.4, 0.5) is 0 Å². The molecule has 2 saturated heterocycles. The fraction of sp³-hybridized carbons (Fsp3) is 0.167. The topological polar surface area (TPSA) is 40.6 Å². The summed E-state index contributed by atoms with van der Waals surface area (Å²) in [6, 6.07) is 30.6. The molecule has 0 unspecified atom stereocenters. The van der Waals surface area contributed by atoms with Crippen LogP contribution in [0.5, 0.6) is 0 Å². The molecular weight excluding hydrogens is 379 g/mol. The summed E-state index contributed by atoms with van der Waals surface area (Å²) in [6.07, 6.45) is 0.552. The van der Waals surface area contributed by atoms with Crippen molar-refractivity contribution in [3.63, 3.8) is 0 Å². The van der Waals surface area contributed by atoms with E-state index in [1.54, 1.807) is 10.0 Å². The second-order valence-electron chi connectivity index (χ2n) is 7.29. The molecule has 0 aromatic heterocycles. The van der Waals surface area contributed by atoms with Gasteiger partial charge in [0, 0.05) is 12.8 Å². The molecule has 2 heterocycles. The van der Waals surface area contributed by atoms with Crippen LogP contribution < -0.4 is 5.30 Å². The molecule has 2 fully saturated rings. The van der Waals surface area contributed by atoms with Gasteiger partial charge >= 0.3 is 0 Å². The van der Waals surface area contributed by atoms with E-state index in [2.05, 4.69) is 36.4 Å². The highest BCUT2D eigenvalue weighted by Gasteiger charge is 2.54. The van der Waals surface area contributed by atoms with Crippen molar-refractivity contribution in [3.8, 4) is 0 Å². The van der Waals surface area contributed by atoms with Crippen molar-refractivity contribution in [2.45, 2.75) is 24.4 Å². The number of benzene rings is 3. The second-order valence-corrected chi connectivity index (χ2v) is 9.60. The lowest BCUT2D eigenvalue weighted by Gasteiger charge is -2.37. The van der Waals surface area contributed by atoms with Crippen LogP contribution in [0.1, 0.15) is 35.5 Å².